The second kappa shape index (κ2) is 6.00. The molecule has 3 rings (SSSR count). The molecule has 1 heterocycles. The minimum absolute atomic E-state index is 0.0532. The molecule has 0 aromatic heterocycles. The normalized spacial score (nSPS) is 16.2. The molecule has 1 aliphatic heterocycles. The van der Waals surface area contributed by atoms with Gasteiger partial charge in [0.2, 0.25) is 6.10 Å². The van der Waals surface area contributed by atoms with Crippen molar-refractivity contribution in [3.63, 3.8) is 0 Å². The maximum Gasteiger partial charge on any atom is 0.346 e. The Morgan fingerprint density at radius 1 is 1.22 bits per heavy atom. The van der Waals surface area contributed by atoms with E-state index in [0.29, 0.717) is 22.7 Å². The van der Waals surface area contributed by atoms with Crippen molar-refractivity contribution >= 4 is 17.6 Å². The van der Waals surface area contributed by atoms with Crippen LogP contribution in [0.5, 0.6) is 11.5 Å². The summed E-state index contributed by atoms with van der Waals surface area (Å²) in [7, 11) is 1.52. The molecule has 1 N–H and O–H groups in total. The lowest BCUT2D eigenvalue weighted by molar-refractivity contribution is -0.144. The maximum atomic E-state index is 12.8. The average molecular weight is 313 g/mol. The molecule has 23 heavy (non-hydrogen) atoms. The van der Waals surface area contributed by atoms with Gasteiger partial charge in [0, 0.05) is 5.56 Å². The Hall–Kier alpha value is -3.02. The molecule has 1 aliphatic rings. The molecule has 6 heteroatoms. The number of methoxy groups -OCH3 is 1. The third-order valence-corrected chi connectivity index (χ3v) is 3.61. The average Bonchev–Trinajstić information content (AvgIpc) is 2.60. The first-order valence-electron chi connectivity index (χ1n) is 7.04. The zero-order chi connectivity index (χ0) is 16.4. The Kier molecular flexibility index (Phi) is 3.89. The summed E-state index contributed by atoms with van der Waals surface area (Å²) >= 11 is 0. The van der Waals surface area contributed by atoms with Gasteiger partial charge in [-0.05, 0) is 30.3 Å². The van der Waals surface area contributed by atoms with Gasteiger partial charge in [-0.25, -0.2) is 4.79 Å². The Bertz CT molecular complexity index is 758. The predicted octanol–water partition coefficient (Wildman–Crippen LogP) is 2.19. The van der Waals surface area contributed by atoms with Gasteiger partial charge in [-0.3, -0.25) is 4.79 Å². The molecule has 0 fully saturated rings. The van der Waals surface area contributed by atoms with E-state index in [1.165, 1.54) is 12.0 Å². The fourth-order valence-electron chi connectivity index (χ4n) is 2.47. The number of carboxylic acid groups (broad SMARTS) is 1. The van der Waals surface area contributed by atoms with Gasteiger partial charge in [-0.15, -0.1) is 0 Å². The molecule has 2 aromatic rings. The van der Waals surface area contributed by atoms with Crippen LogP contribution in [0.3, 0.4) is 0 Å². The van der Waals surface area contributed by atoms with Crippen molar-refractivity contribution in [2.45, 2.75) is 6.10 Å². The number of aliphatic carboxylic acids is 1. The Balaban J connectivity index is 1.99. The fourth-order valence-corrected chi connectivity index (χ4v) is 2.47. The molecule has 1 atom stereocenters. The Morgan fingerprint density at radius 2 is 2.00 bits per heavy atom. The number of benzene rings is 2. The van der Waals surface area contributed by atoms with Crippen molar-refractivity contribution in [1.82, 2.24) is 0 Å². The first kappa shape index (κ1) is 14.9. The van der Waals surface area contributed by atoms with Crippen LogP contribution in [-0.4, -0.2) is 36.7 Å². The number of amides is 1. The van der Waals surface area contributed by atoms with Crippen LogP contribution in [0.2, 0.25) is 0 Å². The fraction of sp³-hybridized carbons (Fsp3) is 0.176. The highest BCUT2D eigenvalue weighted by molar-refractivity contribution is 6.07. The minimum Gasteiger partial charge on any atom is -0.497 e. The van der Waals surface area contributed by atoms with Gasteiger partial charge < -0.3 is 19.5 Å². The van der Waals surface area contributed by atoms with E-state index in [9.17, 15) is 14.7 Å². The number of fused-ring (bicyclic) bond motifs is 1. The van der Waals surface area contributed by atoms with Crippen LogP contribution in [0, 0.1) is 0 Å². The van der Waals surface area contributed by atoms with Crippen molar-refractivity contribution in [2.75, 3.05) is 18.6 Å². The number of carbonyl (C=O) groups is 2. The largest absolute Gasteiger partial charge is 0.497 e. The molecule has 0 unspecified atom stereocenters. The summed E-state index contributed by atoms with van der Waals surface area (Å²) in [6.45, 7) is -0.0532. The minimum atomic E-state index is -1.11. The van der Waals surface area contributed by atoms with Gasteiger partial charge >= 0.3 is 5.97 Å². The lowest BCUT2D eigenvalue weighted by Gasteiger charge is -2.33. The van der Waals surface area contributed by atoms with Crippen molar-refractivity contribution < 1.29 is 24.2 Å². The molecule has 0 aliphatic carbocycles. The lowest BCUT2D eigenvalue weighted by atomic mass is 10.1. The van der Waals surface area contributed by atoms with E-state index in [1.807, 2.05) is 0 Å². The Morgan fingerprint density at radius 3 is 2.74 bits per heavy atom. The third kappa shape index (κ3) is 2.83. The van der Waals surface area contributed by atoms with Gasteiger partial charge in [0.15, 0.2) is 0 Å². The van der Waals surface area contributed by atoms with Crippen molar-refractivity contribution in [3.05, 3.63) is 54.1 Å². The van der Waals surface area contributed by atoms with Gasteiger partial charge in [0.05, 0.1) is 19.3 Å². The first-order valence-corrected chi connectivity index (χ1v) is 7.04. The molecular formula is C17H15NO5. The standard InChI is InChI=1S/C17H15NO5/c1-22-12-6-4-5-11(9-12)16(19)18-10-15(17(20)21)23-14-8-3-2-7-13(14)18/h2-9,15H,10H2,1H3,(H,20,21)/t15-/m1/s1. The van der Waals surface area contributed by atoms with E-state index < -0.39 is 12.1 Å². The molecular weight excluding hydrogens is 298 g/mol. The van der Waals surface area contributed by atoms with Crippen LogP contribution in [0.25, 0.3) is 0 Å². The van der Waals surface area contributed by atoms with Crippen LogP contribution < -0.4 is 14.4 Å². The predicted molar refractivity (Wildman–Crippen MR) is 83.2 cm³/mol. The van der Waals surface area contributed by atoms with Crippen molar-refractivity contribution in [1.29, 1.82) is 0 Å². The highest BCUT2D eigenvalue weighted by atomic mass is 16.5. The van der Waals surface area contributed by atoms with E-state index in [2.05, 4.69) is 0 Å². The van der Waals surface area contributed by atoms with Gasteiger partial charge in [0.25, 0.3) is 5.91 Å². The smallest absolute Gasteiger partial charge is 0.346 e. The quantitative estimate of drug-likeness (QED) is 0.940. The highest BCUT2D eigenvalue weighted by Crippen LogP contribution is 2.34. The zero-order valence-electron chi connectivity index (χ0n) is 12.4. The maximum absolute atomic E-state index is 12.8. The van der Waals surface area contributed by atoms with Crippen molar-refractivity contribution in [3.8, 4) is 11.5 Å². The van der Waals surface area contributed by atoms with E-state index in [-0.39, 0.29) is 12.5 Å². The molecule has 2 aromatic carbocycles. The van der Waals surface area contributed by atoms with Crippen LogP contribution in [-0.2, 0) is 4.79 Å². The van der Waals surface area contributed by atoms with E-state index in [0.717, 1.165) is 0 Å². The summed E-state index contributed by atoms with van der Waals surface area (Å²) in [5, 5.41) is 9.23. The number of para-hydroxylation sites is 2. The molecule has 0 radical (unpaired) electrons. The number of ether oxygens (including phenoxy) is 2. The summed E-state index contributed by atoms with van der Waals surface area (Å²) < 4.78 is 10.6. The topological polar surface area (TPSA) is 76.1 Å². The molecule has 1 amide bonds. The zero-order valence-corrected chi connectivity index (χ0v) is 12.4. The summed E-state index contributed by atoms with van der Waals surface area (Å²) in [5.41, 5.74) is 0.975. The summed E-state index contributed by atoms with van der Waals surface area (Å²) in [6, 6.07) is 13.6. The Labute approximate surface area is 132 Å². The van der Waals surface area contributed by atoms with E-state index >= 15 is 0 Å². The lowest BCUT2D eigenvalue weighted by Crippen LogP contribution is -2.47. The molecule has 0 saturated carbocycles. The van der Waals surface area contributed by atoms with Crippen LogP contribution in [0.15, 0.2) is 48.5 Å². The van der Waals surface area contributed by atoms with E-state index in [1.54, 1.807) is 48.5 Å². The van der Waals surface area contributed by atoms with Gasteiger partial charge in [-0.1, -0.05) is 18.2 Å². The van der Waals surface area contributed by atoms with Crippen LogP contribution >= 0.6 is 0 Å². The molecule has 0 bridgehead atoms. The van der Waals surface area contributed by atoms with Gasteiger partial charge in [0.1, 0.15) is 11.5 Å². The summed E-state index contributed by atoms with van der Waals surface area (Å²) in [5.74, 6) is -0.469. The number of hydrogen-bond donors (Lipinski definition) is 1. The third-order valence-electron chi connectivity index (χ3n) is 3.61. The van der Waals surface area contributed by atoms with Crippen LogP contribution in [0.1, 0.15) is 10.4 Å². The number of anilines is 1. The summed E-state index contributed by atoms with van der Waals surface area (Å²) in [4.78, 5) is 25.5. The van der Waals surface area contributed by atoms with Crippen molar-refractivity contribution in [2.24, 2.45) is 0 Å². The molecule has 0 saturated heterocycles. The second-order valence-electron chi connectivity index (χ2n) is 5.06. The number of carbonyl (C=O) groups excluding carboxylic acids is 1. The number of carboxylic acids is 1. The highest BCUT2D eigenvalue weighted by Gasteiger charge is 2.34. The first-order chi connectivity index (χ1) is 11.1. The molecule has 0 spiro atoms. The summed E-state index contributed by atoms with van der Waals surface area (Å²) in [6.07, 6.45) is -1.10. The van der Waals surface area contributed by atoms with Gasteiger partial charge in [-0.2, -0.15) is 0 Å². The number of rotatable bonds is 3. The second-order valence-corrected chi connectivity index (χ2v) is 5.06. The van der Waals surface area contributed by atoms with Crippen LogP contribution in [0.4, 0.5) is 5.69 Å². The molecule has 118 valence electrons. The number of nitrogens with zero attached hydrogens (tertiary/aromatic N) is 1. The SMILES string of the molecule is COc1cccc(C(=O)N2C[C@H](C(=O)O)Oc3ccccc32)c1. The molecule has 6 nitrogen and oxygen atoms in total. The van der Waals surface area contributed by atoms with E-state index in [4.69, 9.17) is 9.47 Å². The number of hydrogen-bond acceptors (Lipinski definition) is 4. The monoisotopic (exact) mass is 313 g/mol.